The van der Waals surface area contributed by atoms with E-state index in [0.717, 1.165) is 27.2 Å². The van der Waals surface area contributed by atoms with Gasteiger partial charge in [-0.1, -0.05) is 0 Å². The van der Waals surface area contributed by atoms with E-state index in [0.29, 0.717) is 0 Å². The van der Waals surface area contributed by atoms with Crippen molar-refractivity contribution in [1.82, 2.24) is 9.97 Å². The van der Waals surface area contributed by atoms with E-state index in [4.69, 9.17) is 0 Å². The van der Waals surface area contributed by atoms with Gasteiger partial charge >= 0.3 is 0 Å². The van der Waals surface area contributed by atoms with Crippen molar-refractivity contribution < 1.29 is 4.39 Å². The van der Waals surface area contributed by atoms with E-state index < -0.39 is 0 Å². The molecular weight excluding hydrogens is 261 g/mol. The van der Waals surface area contributed by atoms with E-state index in [1.807, 2.05) is 25.1 Å². The fraction of sp³-hybridized carbons (Fsp3) is 0.0714. The molecule has 3 aromatic rings. The monoisotopic (exact) mass is 273 g/mol. The Balaban J connectivity index is 1.85. The first-order chi connectivity index (χ1) is 9.22. The highest BCUT2D eigenvalue weighted by molar-refractivity contribution is 8.00. The van der Waals surface area contributed by atoms with Crippen molar-refractivity contribution in [1.29, 1.82) is 0 Å². The molecule has 2 N–H and O–H groups in total. The summed E-state index contributed by atoms with van der Waals surface area (Å²) in [7, 11) is 0. The minimum Gasteiger partial charge on any atom is -0.361 e. The highest BCUT2D eigenvalue weighted by Gasteiger charge is 2.05. The van der Waals surface area contributed by atoms with Crippen LogP contribution >= 0.6 is 11.9 Å². The van der Waals surface area contributed by atoms with Gasteiger partial charge in [0, 0.05) is 28.4 Å². The molecule has 19 heavy (non-hydrogen) atoms. The average Bonchev–Trinajstić information content (AvgIpc) is 2.85. The maximum atomic E-state index is 13.5. The number of aromatic amines is 1. The van der Waals surface area contributed by atoms with Gasteiger partial charge in [-0.15, -0.1) is 0 Å². The Morgan fingerprint density at radius 1 is 1.26 bits per heavy atom. The molecule has 0 aliphatic rings. The standard InChI is InChI=1S/C14H12FN3S/c1-9-2-3-11(8-17-9)19-18-14-7-10(15)6-13-12(14)4-5-16-13/h2-8,16,18H,1H3. The van der Waals surface area contributed by atoms with Crippen LogP contribution in [0.2, 0.25) is 0 Å². The van der Waals surface area contributed by atoms with E-state index >= 15 is 0 Å². The lowest BCUT2D eigenvalue weighted by molar-refractivity contribution is 0.630. The molecular formula is C14H12FN3S. The molecule has 0 amide bonds. The predicted molar refractivity (Wildman–Crippen MR) is 76.7 cm³/mol. The highest BCUT2D eigenvalue weighted by Crippen LogP contribution is 2.28. The van der Waals surface area contributed by atoms with Gasteiger partial charge in [0.05, 0.1) is 11.2 Å². The summed E-state index contributed by atoms with van der Waals surface area (Å²) in [5.74, 6) is -0.264. The van der Waals surface area contributed by atoms with Gasteiger partial charge in [-0.2, -0.15) is 0 Å². The zero-order chi connectivity index (χ0) is 13.2. The minimum absolute atomic E-state index is 0.264. The summed E-state index contributed by atoms with van der Waals surface area (Å²) in [4.78, 5) is 8.21. The number of aromatic nitrogens is 2. The first kappa shape index (κ1) is 12.0. The number of hydrogen-bond acceptors (Lipinski definition) is 3. The molecule has 0 spiro atoms. The Morgan fingerprint density at radius 3 is 2.95 bits per heavy atom. The molecule has 0 bridgehead atoms. The van der Waals surface area contributed by atoms with Crippen LogP contribution in [0.5, 0.6) is 0 Å². The van der Waals surface area contributed by atoms with Gasteiger partial charge in [-0.3, -0.25) is 4.98 Å². The Morgan fingerprint density at radius 2 is 2.16 bits per heavy atom. The van der Waals surface area contributed by atoms with Crippen molar-refractivity contribution in [3.63, 3.8) is 0 Å². The third-order valence-corrected chi connectivity index (χ3v) is 3.60. The van der Waals surface area contributed by atoms with Gasteiger partial charge < -0.3 is 9.71 Å². The van der Waals surface area contributed by atoms with Crippen LogP contribution < -0.4 is 4.72 Å². The molecule has 2 aromatic heterocycles. The normalized spacial score (nSPS) is 10.8. The number of halogens is 1. The number of aryl methyl sites for hydroxylation is 1. The Kier molecular flexibility index (Phi) is 3.13. The van der Waals surface area contributed by atoms with E-state index in [-0.39, 0.29) is 5.82 Å². The summed E-state index contributed by atoms with van der Waals surface area (Å²) < 4.78 is 16.6. The van der Waals surface area contributed by atoms with Crippen molar-refractivity contribution in [2.45, 2.75) is 11.8 Å². The smallest absolute Gasteiger partial charge is 0.127 e. The molecule has 0 saturated heterocycles. The molecule has 3 nitrogen and oxygen atoms in total. The number of anilines is 1. The van der Waals surface area contributed by atoms with E-state index in [9.17, 15) is 4.39 Å². The average molecular weight is 273 g/mol. The molecule has 0 aliphatic heterocycles. The SMILES string of the molecule is Cc1ccc(SNc2cc(F)cc3[nH]ccc23)cn1. The summed E-state index contributed by atoms with van der Waals surface area (Å²) in [6.07, 6.45) is 3.59. The number of H-pyrrole nitrogens is 1. The minimum atomic E-state index is -0.264. The second kappa shape index (κ2) is 4.93. The second-order valence-electron chi connectivity index (χ2n) is 4.23. The largest absolute Gasteiger partial charge is 0.361 e. The van der Waals surface area contributed by atoms with Crippen LogP contribution in [0, 0.1) is 12.7 Å². The molecule has 96 valence electrons. The van der Waals surface area contributed by atoms with Crippen LogP contribution in [-0.2, 0) is 0 Å². The van der Waals surface area contributed by atoms with Crippen LogP contribution in [-0.4, -0.2) is 9.97 Å². The van der Waals surface area contributed by atoms with Crippen molar-refractivity contribution in [2.24, 2.45) is 0 Å². The number of hydrogen-bond donors (Lipinski definition) is 2. The number of benzene rings is 1. The van der Waals surface area contributed by atoms with E-state index in [1.54, 1.807) is 12.4 Å². The lowest BCUT2D eigenvalue weighted by Gasteiger charge is -2.07. The molecule has 0 radical (unpaired) electrons. The molecule has 0 saturated carbocycles. The summed E-state index contributed by atoms with van der Waals surface area (Å²) in [5, 5.41) is 0.967. The zero-order valence-corrected chi connectivity index (χ0v) is 11.1. The van der Waals surface area contributed by atoms with Crippen LogP contribution in [0.25, 0.3) is 10.9 Å². The Hall–Kier alpha value is -2.01. The first-order valence-corrected chi connectivity index (χ1v) is 6.66. The van der Waals surface area contributed by atoms with E-state index in [2.05, 4.69) is 14.7 Å². The molecule has 0 aliphatic carbocycles. The maximum Gasteiger partial charge on any atom is 0.127 e. The topological polar surface area (TPSA) is 40.7 Å². The molecule has 1 aromatic carbocycles. The van der Waals surface area contributed by atoms with Gasteiger partial charge in [0.15, 0.2) is 0 Å². The number of nitrogens with one attached hydrogen (secondary N) is 2. The third kappa shape index (κ3) is 2.56. The number of rotatable bonds is 3. The summed E-state index contributed by atoms with van der Waals surface area (Å²) in [5.41, 5.74) is 2.51. The second-order valence-corrected chi connectivity index (χ2v) is 5.11. The van der Waals surface area contributed by atoms with Crippen molar-refractivity contribution >= 4 is 28.5 Å². The molecule has 2 heterocycles. The van der Waals surface area contributed by atoms with Gasteiger partial charge in [-0.05, 0) is 49.2 Å². The number of pyridine rings is 1. The van der Waals surface area contributed by atoms with Gasteiger partial charge in [0.25, 0.3) is 0 Å². The van der Waals surface area contributed by atoms with Crippen LogP contribution in [0.1, 0.15) is 5.69 Å². The Bertz CT molecular complexity index is 706. The quantitative estimate of drug-likeness (QED) is 0.705. The lowest BCUT2D eigenvalue weighted by Crippen LogP contribution is -1.90. The summed E-state index contributed by atoms with van der Waals surface area (Å²) >= 11 is 1.42. The Labute approximate surface area is 114 Å². The number of nitrogens with zero attached hydrogens (tertiary/aromatic N) is 1. The fourth-order valence-electron chi connectivity index (χ4n) is 1.84. The fourth-order valence-corrected chi connectivity index (χ4v) is 2.48. The van der Waals surface area contributed by atoms with E-state index in [1.165, 1.54) is 24.1 Å². The highest BCUT2D eigenvalue weighted by atomic mass is 32.2. The van der Waals surface area contributed by atoms with Crippen LogP contribution in [0.3, 0.4) is 0 Å². The maximum absolute atomic E-state index is 13.5. The first-order valence-electron chi connectivity index (χ1n) is 5.84. The van der Waals surface area contributed by atoms with Crippen molar-refractivity contribution in [2.75, 3.05) is 4.72 Å². The predicted octanol–water partition coefficient (Wildman–Crippen LogP) is 4.13. The zero-order valence-electron chi connectivity index (χ0n) is 10.3. The van der Waals surface area contributed by atoms with Gasteiger partial charge in [0.2, 0.25) is 0 Å². The molecule has 0 unspecified atom stereocenters. The van der Waals surface area contributed by atoms with Gasteiger partial charge in [0.1, 0.15) is 5.82 Å². The third-order valence-electron chi connectivity index (χ3n) is 2.80. The van der Waals surface area contributed by atoms with Crippen LogP contribution in [0.15, 0.2) is 47.6 Å². The van der Waals surface area contributed by atoms with Crippen LogP contribution in [0.4, 0.5) is 10.1 Å². The molecule has 0 fully saturated rings. The summed E-state index contributed by atoms with van der Waals surface area (Å²) in [6, 6.07) is 8.82. The molecule has 5 heteroatoms. The summed E-state index contributed by atoms with van der Waals surface area (Å²) in [6.45, 7) is 1.94. The number of fused-ring (bicyclic) bond motifs is 1. The molecule has 0 atom stereocenters. The van der Waals surface area contributed by atoms with Crippen molar-refractivity contribution in [3.8, 4) is 0 Å². The van der Waals surface area contributed by atoms with Gasteiger partial charge in [-0.25, -0.2) is 4.39 Å². The molecule has 3 rings (SSSR count). The van der Waals surface area contributed by atoms with Crippen molar-refractivity contribution in [3.05, 3.63) is 54.2 Å². The lowest BCUT2D eigenvalue weighted by atomic mass is 10.2.